The first-order valence-electron chi connectivity index (χ1n) is 4.28. The van der Waals surface area contributed by atoms with Crippen LogP contribution in [0.25, 0.3) is 0 Å². The van der Waals surface area contributed by atoms with E-state index in [0.29, 0.717) is 25.1 Å². The molecule has 6 nitrogen and oxygen atoms in total. The van der Waals surface area contributed by atoms with E-state index in [-0.39, 0.29) is 6.04 Å². The largest absolute Gasteiger partial charge is 0.389 e. The van der Waals surface area contributed by atoms with Gasteiger partial charge in [0.15, 0.2) is 5.82 Å². The van der Waals surface area contributed by atoms with Gasteiger partial charge in [-0.2, -0.15) is 4.80 Å². The Hall–Kier alpha value is -1.01. The Labute approximate surface area is 75.7 Å². The van der Waals surface area contributed by atoms with E-state index in [4.69, 9.17) is 5.73 Å². The monoisotopic (exact) mass is 183 g/mol. The number of nitrogens with two attached hydrogens (primary N) is 1. The lowest BCUT2D eigenvalue weighted by Gasteiger charge is -2.40. The van der Waals surface area contributed by atoms with Gasteiger partial charge < -0.3 is 10.8 Å². The van der Waals surface area contributed by atoms with Gasteiger partial charge in [-0.25, -0.2) is 0 Å². The molecule has 0 bridgehead atoms. The maximum atomic E-state index is 9.85. The van der Waals surface area contributed by atoms with Crippen molar-refractivity contribution in [3.63, 3.8) is 0 Å². The number of hydrogen-bond acceptors (Lipinski definition) is 5. The number of tetrazole rings is 1. The zero-order valence-electron chi connectivity index (χ0n) is 7.51. The zero-order valence-corrected chi connectivity index (χ0v) is 7.51. The Kier molecular flexibility index (Phi) is 1.81. The Morgan fingerprint density at radius 3 is 2.85 bits per heavy atom. The second-order valence-corrected chi connectivity index (χ2v) is 3.76. The SMILES string of the molecule is Cn1nnc(CC2(O)CC(N)C2)n1. The maximum Gasteiger partial charge on any atom is 0.177 e. The molecule has 1 aromatic heterocycles. The summed E-state index contributed by atoms with van der Waals surface area (Å²) in [5, 5.41) is 21.3. The summed E-state index contributed by atoms with van der Waals surface area (Å²) in [4.78, 5) is 1.39. The van der Waals surface area contributed by atoms with Crippen molar-refractivity contribution in [2.45, 2.75) is 30.9 Å². The summed E-state index contributed by atoms with van der Waals surface area (Å²) in [6.45, 7) is 0. The minimum atomic E-state index is -0.692. The fourth-order valence-electron chi connectivity index (χ4n) is 1.75. The molecule has 6 heteroatoms. The van der Waals surface area contributed by atoms with Gasteiger partial charge >= 0.3 is 0 Å². The average molecular weight is 183 g/mol. The van der Waals surface area contributed by atoms with Gasteiger partial charge in [-0.1, -0.05) is 0 Å². The third-order valence-electron chi connectivity index (χ3n) is 2.32. The van der Waals surface area contributed by atoms with E-state index in [1.54, 1.807) is 7.05 Å². The molecule has 0 radical (unpaired) electrons. The lowest BCUT2D eigenvalue weighted by Crippen LogP contribution is -2.52. The summed E-state index contributed by atoms with van der Waals surface area (Å²) in [6, 6.07) is 0.127. The van der Waals surface area contributed by atoms with Gasteiger partial charge in [-0.15, -0.1) is 10.2 Å². The second kappa shape index (κ2) is 2.74. The Bertz CT molecular complexity index is 304. The molecule has 72 valence electrons. The highest BCUT2D eigenvalue weighted by atomic mass is 16.3. The van der Waals surface area contributed by atoms with Gasteiger partial charge in [0.05, 0.1) is 12.6 Å². The van der Waals surface area contributed by atoms with Crippen molar-refractivity contribution in [2.24, 2.45) is 12.8 Å². The van der Waals surface area contributed by atoms with Crippen LogP contribution < -0.4 is 5.73 Å². The first kappa shape index (κ1) is 8.58. The van der Waals surface area contributed by atoms with Crippen molar-refractivity contribution in [3.05, 3.63) is 5.82 Å². The van der Waals surface area contributed by atoms with E-state index < -0.39 is 5.60 Å². The van der Waals surface area contributed by atoms with Crippen molar-refractivity contribution < 1.29 is 5.11 Å². The number of nitrogens with zero attached hydrogens (tertiary/aromatic N) is 4. The number of aromatic nitrogens is 4. The van der Waals surface area contributed by atoms with Crippen LogP contribution in [0.15, 0.2) is 0 Å². The molecule has 1 saturated carbocycles. The molecule has 0 amide bonds. The molecular formula is C7H13N5O. The summed E-state index contributed by atoms with van der Waals surface area (Å²) in [7, 11) is 1.70. The molecule has 0 spiro atoms. The normalized spacial score (nSPS) is 33.0. The van der Waals surface area contributed by atoms with Crippen LogP contribution in [0.3, 0.4) is 0 Å². The molecule has 0 aliphatic heterocycles. The summed E-state index contributed by atoms with van der Waals surface area (Å²) in [5.41, 5.74) is 4.90. The second-order valence-electron chi connectivity index (χ2n) is 3.76. The van der Waals surface area contributed by atoms with Gasteiger partial charge in [-0.3, -0.25) is 0 Å². The topological polar surface area (TPSA) is 89.8 Å². The van der Waals surface area contributed by atoms with Crippen molar-refractivity contribution in [3.8, 4) is 0 Å². The third kappa shape index (κ3) is 1.68. The number of hydrogen-bond donors (Lipinski definition) is 2. The van der Waals surface area contributed by atoms with E-state index in [0.717, 1.165) is 0 Å². The molecule has 0 atom stereocenters. The Morgan fingerprint density at radius 2 is 2.38 bits per heavy atom. The summed E-state index contributed by atoms with van der Waals surface area (Å²) in [6.07, 6.45) is 1.71. The van der Waals surface area contributed by atoms with Crippen LogP contribution in [0.1, 0.15) is 18.7 Å². The molecule has 0 saturated heterocycles. The number of rotatable bonds is 2. The first-order valence-corrected chi connectivity index (χ1v) is 4.28. The minimum absolute atomic E-state index is 0.127. The molecule has 3 N–H and O–H groups in total. The van der Waals surface area contributed by atoms with Gasteiger partial charge in [-0.05, 0) is 18.1 Å². The average Bonchev–Trinajstić information content (AvgIpc) is 2.32. The highest BCUT2D eigenvalue weighted by molar-refractivity contribution is 5.02. The van der Waals surface area contributed by atoms with E-state index in [1.165, 1.54) is 4.80 Å². The van der Waals surface area contributed by atoms with Crippen LogP contribution in [0.2, 0.25) is 0 Å². The lowest BCUT2D eigenvalue weighted by molar-refractivity contribution is -0.0470. The van der Waals surface area contributed by atoms with E-state index in [2.05, 4.69) is 15.4 Å². The van der Waals surface area contributed by atoms with Crippen molar-refractivity contribution >= 4 is 0 Å². The predicted octanol–water partition coefficient (Wildman–Crippen LogP) is -1.40. The smallest absolute Gasteiger partial charge is 0.177 e. The summed E-state index contributed by atoms with van der Waals surface area (Å²) in [5.74, 6) is 0.580. The fraction of sp³-hybridized carbons (Fsp3) is 0.857. The van der Waals surface area contributed by atoms with E-state index in [1.807, 2.05) is 0 Å². The summed E-state index contributed by atoms with van der Waals surface area (Å²) >= 11 is 0. The van der Waals surface area contributed by atoms with Crippen molar-refractivity contribution in [1.82, 2.24) is 20.2 Å². The highest BCUT2D eigenvalue weighted by Gasteiger charge is 2.41. The van der Waals surface area contributed by atoms with Gasteiger partial charge in [0.1, 0.15) is 0 Å². The quantitative estimate of drug-likeness (QED) is 0.589. The Morgan fingerprint density at radius 1 is 1.69 bits per heavy atom. The minimum Gasteiger partial charge on any atom is -0.389 e. The van der Waals surface area contributed by atoms with Crippen molar-refractivity contribution in [2.75, 3.05) is 0 Å². The number of aliphatic hydroxyl groups is 1. The lowest BCUT2D eigenvalue weighted by atomic mass is 9.74. The molecule has 0 aromatic carbocycles. The van der Waals surface area contributed by atoms with Crippen LogP contribution in [0.4, 0.5) is 0 Å². The van der Waals surface area contributed by atoms with Gasteiger partial charge in [0, 0.05) is 12.5 Å². The zero-order chi connectivity index (χ0) is 9.47. The summed E-state index contributed by atoms with van der Waals surface area (Å²) < 4.78 is 0. The maximum absolute atomic E-state index is 9.85. The van der Waals surface area contributed by atoms with Crippen LogP contribution in [0, 0.1) is 0 Å². The molecule has 1 aliphatic rings. The van der Waals surface area contributed by atoms with Crippen molar-refractivity contribution in [1.29, 1.82) is 0 Å². The van der Waals surface area contributed by atoms with Crippen LogP contribution >= 0.6 is 0 Å². The third-order valence-corrected chi connectivity index (χ3v) is 2.32. The molecule has 0 unspecified atom stereocenters. The Balaban J connectivity index is 1.99. The van der Waals surface area contributed by atoms with Crippen LogP contribution in [-0.2, 0) is 13.5 Å². The predicted molar refractivity (Wildman–Crippen MR) is 44.7 cm³/mol. The number of aryl methyl sites for hydroxylation is 1. The molecular weight excluding hydrogens is 170 g/mol. The van der Waals surface area contributed by atoms with E-state index >= 15 is 0 Å². The van der Waals surface area contributed by atoms with Crippen LogP contribution in [0.5, 0.6) is 0 Å². The molecule has 1 aromatic rings. The molecule has 1 heterocycles. The molecule has 13 heavy (non-hydrogen) atoms. The fourth-order valence-corrected chi connectivity index (χ4v) is 1.75. The first-order chi connectivity index (χ1) is 6.07. The standard InChI is InChI=1S/C7H13N5O/c1-12-10-6(9-11-12)4-7(13)2-5(8)3-7/h5,13H,2-4,8H2,1H3. The molecule has 1 aliphatic carbocycles. The van der Waals surface area contributed by atoms with Crippen LogP contribution in [-0.4, -0.2) is 37.0 Å². The van der Waals surface area contributed by atoms with Gasteiger partial charge in [0.25, 0.3) is 0 Å². The molecule has 2 rings (SSSR count). The highest BCUT2D eigenvalue weighted by Crippen LogP contribution is 2.32. The molecule has 1 fully saturated rings. The van der Waals surface area contributed by atoms with Gasteiger partial charge in [0.2, 0.25) is 0 Å². The van der Waals surface area contributed by atoms with E-state index in [9.17, 15) is 5.11 Å².